The summed E-state index contributed by atoms with van der Waals surface area (Å²) >= 11 is 0. The number of hydrogen-bond donors (Lipinski definition) is 1. The van der Waals surface area contributed by atoms with Gasteiger partial charge in [0.2, 0.25) is 0 Å². The second-order valence-corrected chi connectivity index (χ2v) is 5.57. The van der Waals surface area contributed by atoms with Crippen LogP contribution in [0.15, 0.2) is 30.3 Å². The molecule has 0 amide bonds. The van der Waals surface area contributed by atoms with Crippen molar-refractivity contribution in [3.05, 3.63) is 47.3 Å². The molecule has 0 saturated heterocycles. The SMILES string of the molecule is Cc1ccc2cc(-c3nc(N)c4c(n3)CCC4)ccc2n1. The summed E-state index contributed by atoms with van der Waals surface area (Å²) in [4.78, 5) is 13.7. The maximum Gasteiger partial charge on any atom is 0.161 e. The minimum Gasteiger partial charge on any atom is -0.383 e. The lowest BCUT2D eigenvalue weighted by Crippen LogP contribution is -2.02. The summed E-state index contributed by atoms with van der Waals surface area (Å²) < 4.78 is 0. The van der Waals surface area contributed by atoms with Crippen LogP contribution in [0, 0.1) is 6.92 Å². The summed E-state index contributed by atoms with van der Waals surface area (Å²) in [5.41, 5.74) is 11.3. The van der Waals surface area contributed by atoms with Crippen molar-refractivity contribution in [2.24, 2.45) is 0 Å². The lowest BCUT2D eigenvalue weighted by Gasteiger charge is -2.07. The Hall–Kier alpha value is -2.49. The summed E-state index contributed by atoms with van der Waals surface area (Å²) in [5, 5.41) is 1.10. The van der Waals surface area contributed by atoms with Crippen LogP contribution in [0.5, 0.6) is 0 Å². The van der Waals surface area contributed by atoms with E-state index in [-0.39, 0.29) is 0 Å². The van der Waals surface area contributed by atoms with Crippen LogP contribution in [0.2, 0.25) is 0 Å². The lowest BCUT2D eigenvalue weighted by molar-refractivity contribution is 0.900. The van der Waals surface area contributed by atoms with Gasteiger partial charge in [0.05, 0.1) is 5.52 Å². The van der Waals surface area contributed by atoms with Crippen molar-refractivity contribution in [1.82, 2.24) is 15.0 Å². The predicted molar refractivity (Wildman–Crippen MR) is 83.9 cm³/mol. The molecule has 2 heterocycles. The van der Waals surface area contributed by atoms with E-state index in [9.17, 15) is 0 Å². The van der Waals surface area contributed by atoms with Crippen LogP contribution in [0.4, 0.5) is 5.82 Å². The molecule has 4 heteroatoms. The number of nitrogens with two attached hydrogens (primary N) is 1. The third-order valence-electron chi connectivity index (χ3n) is 4.05. The van der Waals surface area contributed by atoms with Crippen LogP contribution in [0.25, 0.3) is 22.3 Å². The topological polar surface area (TPSA) is 64.7 Å². The number of aryl methyl sites for hydroxylation is 2. The molecule has 0 radical (unpaired) electrons. The molecule has 1 aliphatic carbocycles. The molecule has 1 aromatic carbocycles. The smallest absolute Gasteiger partial charge is 0.161 e. The van der Waals surface area contributed by atoms with Crippen LogP contribution in [-0.2, 0) is 12.8 Å². The first-order chi connectivity index (χ1) is 10.2. The molecule has 21 heavy (non-hydrogen) atoms. The molecule has 0 saturated carbocycles. The summed E-state index contributed by atoms with van der Waals surface area (Å²) in [6.45, 7) is 2.00. The van der Waals surface area contributed by atoms with Gasteiger partial charge in [-0.3, -0.25) is 4.98 Å². The number of nitrogens with zero attached hydrogens (tertiary/aromatic N) is 3. The van der Waals surface area contributed by atoms with Gasteiger partial charge in [0.25, 0.3) is 0 Å². The summed E-state index contributed by atoms with van der Waals surface area (Å²) in [7, 11) is 0. The maximum absolute atomic E-state index is 6.08. The zero-order valence-corrected chi connectivity index (χ0v) is 11.9. The number of pyridine rings is 1. The highest BCUT2D eigenvalue weighted by atomic mass is 15.0. The number of rotatable bonds is 1. The maximum atomic E-state index is 6.08. The fourth-order valence-electron chi connectivity index (χ4n) is 2.96. The number of fused-ring (bicyclic) bond motifs is 2. The molecule has 2 aromatic heterocycles. The normalized spacial score (nSPS) is 13.6. The molecule has 104 valence electrons. The fourth-order valence-corrected chi connectivity index (χ4v) is 2.96. The van der Waals surface area contributed by atoms with Gasteiger partial charge in [0.1, 0.15) is 5.82 Å². The molecule has 0 fully saturated rings. The van der Waals surface area contributed by atoms with Gasteiger partial charge in [-0.05, 0) is 50.5 Å². The molecule has 4 nitrogen and oxygen atoms in total. The largest absolute Gasteiger partial charge is 0.383 e. The van der Waals surface area contributed by atoms with Gasteiger partial charge in [-0.25, -0.2) is 9.97 Å². The van der Waals surface area contributed by atoms with Crippen molar-refractivity contribution in [1.29, 1.82) is 0 Å². The highest BCUT2D eigenvalue weighted by Crippen LogP contribution is 2.28. The van der Waals surface area contributed by atoms with Gasteiger partial charge in [-0.1, -0.05) is 6.07 Å². The van der Waals surface area contributed by atoms with E-state index >= 15 is 0 Å². The Bertz CT molecular complexity index is 855. The van der Waals surface area contributed by atoms with Crippen LogP contribution in [0.1, 0.15) is 23.4 Å². The molecule has 0 unspecified atom stereocenters. The van der Waals surface area contributed by atoms with Crippen molar-refractivity contribution >= 4 is 16.7 Å². The summed E-state index contributed by atoms with van der Waals surface area (Å²) in [6.07, 6.45) is 3.13. The zero-order chi connectivity index (χ0) is 14.4. The van der Waals surface area contributed by atoms with E-state index in [0.29, 0.717) is 5.82 Å². The van der Waals surface area contributed by atoms with Crippen molar-refractivity contribution in [2.75, 3.05) is 5.73 Å². The quantitative estimate of drug-likeness (QED) is 0.742. The van der Waals surface area contributed by atoms with Gasteiger partial charge in [-0.15, -0.1) is 0 Å². The molecule has 0 aliphatic heterocycles. The number of hydrogen-bond acceptors (Lipinski definition) is 4. The highest BCUT2D eigenvalue weighted by Gasteiger charge is 2.18. The van der Waals surface area contributed by atoms with Crippen LogP contribution < -0.4 is 5.73 Å². The average Bonchev–Trinajstić information content (AvgIpc) is 2.95. The minimum absolute atomic E-state index is 0.634. The lowest BCUT2D eigenvalue weighted by atomic mass is 10.1. The van der Waals surface area contributed by atoms with E-state index < -0.39 is 0 Å². The number of benzene rings is 1. The van der Waals surface area contributed by atoms with E-state index in [0.717, 1.165) is 58.5 Å². The first-order valence-corrected chi connectivity index (χ1v) is 7.24. The fraction of sp³-hybridized carbons (Fsp3) is 0.235. The second-order valence-electron chi connectivity index (χ2n) is 5.57. The molecule has 0 spiro atoms. The monoisotopic (exact) mass is 276 g/mol. The van der Waals surface area contributed by atoms with Gasteiger partial charge in [-0.2, -0.15) is 0 Å². The molecular formula is C17H16N4. The first kappa shape index (κ1) is 12.3. The third-order valence-corrected chi connectivity index (χ3v) is 4.05. The van der Waals surface area contributed by atoms with E-state index in [4.69, 9.17) is 10.7 Å². The molecule has 0 bridgehead atoms. The summed E-state index contributed by atoms with van der Waals surface area (Å²) in [6, 6.07) is 10.2. The van der Waals surface area contributed by atoms with Crippen LogP contribution in [-0.4, -0.2) is 15.0 Å². The molecule has 0 atom stereocenters. The van der Waals surface area contributed by atoms with Gasteiger partial charge < -0.3 is 5.73 Å². The van der Waals surface area contributed by atoms with Crippen molar-refractivity contribution in [3.8, 4) is 11.4 Å². The van der Waals surface area contributed by atoms with E-state index in [1.54, 1.807) is 0 Å². The Morgan fingerprint density at radius 2 is 1.90 bits per heavy atom. The van der Waals surface area contributed by atoms with Crippen molar-refractivity contribution in [2.45, 2.75) is 26.2 Å². The van der Waals surface area contributed by atoms with Gasteiger partial charge in [0, 0.05) is 27.9 Å². The highest BCUT2D eigenvalue weighted by molar-refractivity contribution is 5.83. The van der Waals surface area contributed by atoms with Crippen LogP contribution >= 0.6 is 0 Å². The predicted octanol–water partition coefficient (Wildman–Crippen LogP) is 3.07. The van der Waals surface area contributed by atoms with Crippen molar-refractivity contribution in [3.63, 3.8) is 0 Å². The Balaban J connectivity index is 1.86. The Labute approximate surface area is 123 Å². The molecular weight excluding hydrogens is 260 g/mol. The Morgan fingerprint density at radius 1 is 1.00 bits per heavy atom. The molecule has 4 rings (SSSR count). The molecule has 2 N–H and O–H groups in total. The van der Waals surface area contributed by atoms with E-state index in [2.05, 4.69) is 22.1 Å². The number of aromatic nitrogens is 3. The zero-order valence-electron chi connectivity index (χ0n) is 11.9. The van der Waals surface area contributed by atoms with Crippen LogP contribution in [0.3, 0.4) is 0 Å². The number of nitrogen functional groups attached to an aromatic ring is 1. The molecule has 1 aliphatic rings. The standard InChI is InChI=1S/C17H16N4/c1-10-5-6-11-9-12(7-8-14(11)19-10)17-20-15-4-2-3-13(15)16(18)21-17/h5-9H,2-4H2,1H3,(H2,18,20,21). The molecule has 3 aromatic rings. The Kier molecular flexibility index (Phi) is 2.64. The van der Waals surface area contributed by atoms with Crippen molar-refractivity contribution < 1.29 is 0 Å². The van der Waals surface area contributed by atoms with E-state index in [1.807, 2.05) is 25.1 Å². The Morgan fingerprint density at radius 3 is 2.81 bits per heavy atom. The number of anilines is 1. The van der Waals surface area contributed by atoms with Gasteiger partial charge in [0.15, 0.2) is 5.82 Å². The van der Waals surface area contributed by atoms with Gasteiger partial charge >= 0.3 is 0 Å². The third kappa shape index (κ3) is 2.03. The average molecular weight is 276 g/mol. The summed E-state index contributed by atoms with van der Waals surface area (Å²) in [5.74, 6) is 1.35. The van der Waals surface area contributed by atoms with E-state index in [1.165, 1.54) is 0 Å². The minimum atomic E-state index is 0.634. The first-order valence-electron chi connectivity index (χ1n) is 7.24. The second kappa shape index (κ2) is 4.52.